The van der Waals surface area contributed by atoms with Crippen molar-refractivity contribution < 1.29 is 4.74 Å². The Morgan fingerprint density at radius 2 is 1.68 bits per heavy atom. The van der Waals surface area contributed by atoms with Crippen LogP contribution in [0.15, 0.2) is 34.8 Å². The molecular formula is C16H16BrClO. The van der Waals surface area contributed by atoms with Crippen LogP contribution in [0.5, 0.6) is 5.75 Å². The van der Waals surface area contributed by atoms with Gasteiger partial charge in [-0.2, -0.15) is 0 Å². The van der Waals surface area contributed by atoms with Gasteiger partial charge in [0, 0.05) is 15.1 Å². The highest BCUT2D eigenvalue weighted by molar-refractivity contribution is 9.10. The summed E-state index contributed by atoms with van der Waals surface area (Å²) >= 11 is 9.59. The number of hydrogen-bond donors (Lipinski definition) is 0. The van der Waals surface area contributed by atoms with Gasteiger partial charge in [-0.1, -0.05) is 51.3 Å². The lowest BCUT2D eigenvalue weighted by atomic mass is 10.1. The predicted molar refractivity (Wildman–Crippen MR) is 84.1 cm³/mol. The van der Waals surface area contributed by atoms with Crippen molar-refractivity contribution in [2.75, 3.05) is 0 Å². The van der Waals surface area contributed by atoms with Crippen LogP contribution < -0.4 is 4.74 Å². The van der Waals surface area contributed by atoms with Crippen LogP contribution in [0.4, 0.5) is 0 Å². The fraction of sp³-hybridized carbons (Fsp3) is 0.250. The van der Waals surface area contributed by atoms with E-state index in [4.69, 9.17) is 16.3 Å². The van der Waals surface area contributed by atoms with Crippen molar-refractivity contribution in [3.05, 3.63) is 62.1 Å². The largest absolute Gasteiger partial charge is 0.488 e. The highest BCUT2D eigenvalue weighted by Gasteiger charge is 2.07. The molecule has 0 aliphatic carbocycles. The van der Waals surface area contributed by atoms with Crippen LogP contribution in [0.25, 0.3) is 0 Å². The van der Waals surface area contributed by atoms with Crippen LogP contribution in [0.3, 0.4) is 0 Å². The third kappa shape index (κ3) is 3.52. The minimum absolute atomic E-state index is 0.483. The van der Waals surface area contributed by atoms with Crippen molar-refractivity contribution in [3.63, 3.8) is 0 Å². The molecule has 0 spiro atoms. The summed E-state index contributed by atoms with van der Waals surface area (Å²) in [6, 6.07) is 10.1. The second-order valence-electron chi connectivity index (χ2n) is 4.75. The highest BCUT2D eigenvalue weighted by Crippen LogP contribution is 2.27. The van der Waals surface area contributed by atoms with Crippen LogP contribution in [0, 0.1) is 20.8 Å². The summed E-state index contributed by atoms with van der Waals surface area (Å²) < 4.78 is 6.91. The molecule has 0 aliphatic rings. The van der Waals surface area contributed by atoms with Gasteiger partial charge in [0.1, 0.15) is 12.4 Å². The van der Waals surface area contributed by atoms with E-state index in [2.05, 4.69) is 48.8 Å². The first-order chi connectivity index (χ1) is 8.97. The third-order valence-corrected chi connectivity index (χ3v) is 3.84. The number of rotatable bonds is 3. The number of halogens is 2. The van der Waals surface area contributed by atoms with Crippen LogP contribution in [-0.2, 0) is 6.61 Å². The second kappa shape index (κ2) is 5.98. The lowest BCUT2D eigenvalue weighted by Gasteiger charge is -2.14. The Kier molecular flexibility index (Phi) is 4.54. The fourth-order valence-electron chi connectivity index (χ4n) is 2.18. The molecule has 0 heterocycles. The Balaban J connectivity index is 2.19. The summed E-state index contributed by atoms with van der Waals surface area (Å²) in [7, 11) is 0. The van der Waals surface area contributed by atoms with Gasteiger partial charge in [-0.3, -0.25) is 0 Å². The van der Waals surface area contributed by atoms with E-state index >= 15 is 0 Å². The molecule has 0 saturated carbocycles. The molecule has 0 unspecified atom stereocenters. The van der Waals surface area contributed by atoms with Crippen molar-refractivity contribution >= 4 is 27.5 Å². The first kappa shape index (κ1) is 14.4. The molecule has 3 heteroatoms. The Morgan fingerprint density at radius 3 is 2.26 bits per heavy atom. The van der Waals surface area contributed by atoms with Crippen molar-refractivity contribution in [2.45, 2.75) is 27.4 Å². The molecule has 19 heavy (non-hydrogen) atoms. The van der Waals surface area contributed by atoms with Gasteiger partial charge in [-0.05, 0) is 44.0 Å². The van der Waals surface area contributed by atoms with E-state index in [0.29, 0.717) is 6.61 Å². The molecule has 0 amide bonds. The maximum absolute atomic E-state index is 6.19. The third-order valence-electron chi connectivity index (χ3n) is 2.99. The molecule has 2 aromatic rings. The number of hydrogen-bond acceptors (Lipinski definition) is 1. The smallest absolute Gasteiger partial charge is 0.125 e. The SMILES string of the molecule is Cc1cc(C)c(OCc2ccc(Br)cc2Cl)c(C)c1. The van der Waals surface area contributed by atoms with E-state index in [1.807, 2.05) is 18.2 Å². The molecule has 0 bridgehead atoms. The van der Waals surface area contributed by atoms with Gasteiger partial charge in [0.05, 0.1) is 0 Å². The van der Waals surface area contributed by atoms with E-state index in [9.17, 15) is 0 Å². The molecule has 0 saturated heterocycles. The minimum Gasteiger partial charge on any atom is -0.488 e. The summed E-state index contributed by atoms with van der Waals surface area (Å²) in [5.41, 5.74) is 4.56. The lowest BCUT2D eigenvalue weighted by Crippen LogP contribution is -2.00. The maximum atomic E-state index is 6.19. The topological polar surface area (TPSA) is 9.23 Å². The zero-order valence-corrected chi connectivity index (χ0v) is 13.6. The number of aryl methyl sites for hydroxylation is 3. The second-order valence-corrected chi connectivity index (χ2v) is 6.08. The van der Waals surface area contributed by atoms with E-state index in [-0.39, 0.29) is 0 Å². The van der Waals surface area contributed by atoms with Gasteiger partial charge in [0.25, 0.3) is 0 Å². The van der Waals surface area contributed by atoms with Gasteiger partial charge in [0.2, 0.25) is 0 Å². The van der Waals surface area contributed by atoms with Crippen LogP contribution in [-0.4, -0.2) is 0 Å². The molecule has 2 rings (SSSR count). The summed E-state index contributed by atoms with van der Waals surface area (Å²) in [6.45, 7) is 6.71. The van der Waals surface area contributed by atoms with E-state index in [1.54, 1.807) is 0 Å². The lowest BCUT2D eigenvalue weighted by molar-refractivity contribution is 0.302. The van der Waals surface area contributed by atoms with Gasteiger partial charge < -0.3 is 4.74 Å². The zero-order chi connectivity index (χ0) is 14.0. The van der Waals surface area contributed by atoms with Crippen LogP contribution >= 0.6 is 27.5 Å². The van der Waals surface area contributed by atoms with E-state index in [0.717, 1.165) is 31.9 Å². The van der Waals surface area contributed by atoms with Gasteiger partial charge >= 0.3 is 0 Å². The highest BCUT2D eigenvalue weighted by atomic mass is 79.9. The molecule has 0 aliphatic heterocycles. The number of ether oxygens (including phenoxy) is 1. The first-order valence-electron chi connectivity index (χ1n) is 6.12. The van der Waals surface area contributed by atoms with Crippen LogP contribution in [0.2, 0.25) is 5.02 Å². The van der Waals surface area contributed by atoms with Crippen molar-refractivity contribution in [2.24, 2.45) is 0 Å². The predicted octanol–water partition coefficient (Wildman–Crippen LogP) is 5.61. The normalized spacial score (nSPS) is 10.6. The number of benzene rings is 2. The quantitative estimate of drug-likeness (QED) is 0.706. The molecule has 0 radical (unpaired) electrons. The Hall–Kier alpha value is -0.990. The monoisotopic (exact) mass is 338 g/mol. The zero-order valence-electron chi connectivity index (χ0n) is 11.3. The molecular weight excluding hydrogens is 324 g/mol. The Labute approximate surface area is 127 Å². The maximum Gasteiger partial charge on any atom is 0.125 e. The molecule has 0 atom stereocenters. The molecule has 100 valence electrons. The molecule has 2 aromatic carbocycles. The Morgan fingerprint density at radius 1 is 1.05 bits per heavy atom. The summed E-state index contributed by atoms with van der Waals surface area (Å²) in [5.74, 6) is 0.949. The van der Waals surface area contributed by atoms with Crippen molar-refractivity contribution in [3.8, 4) is 5.75 Å². The summed E-state index contributed by atoms with van der Waals surface area (Å²) in [5, 5.41) is 0.719. The molecule has 0 aromatic heterocycles. The van der Waals surface area contributed by atoms with Gasteiger partial charge in [-0.25, -0.2) is 0 Å². The van der Waals surface area contributed by atoms with Crippen molar-refractivity contribution in [1.29, 1.82) is 0 Å². The minimum atomic E-state index is 0.483. The van der Waals surface area contributed by atoms with Gasteiger partial charge in [-0.15, -0.1) is 0 Å². The average Bonchev–Trinajstić information content (AvgIpc) is 2.30. The average molecular weight is 340 g/mol. The van der Waals surface area contributed by atoms with Gasteiger partial charge in [0.15, 0.2) is 0 Å². The van der Waals surface area contributed by atoms with E-state index < -0.39 is 0 Å². The van der Waals surface area contributed by atoms with Crippen LogP contribution in [0.1, 0.15) is 22.3 Å². The standard InChI is InChI=1S/C16H16BrClO/c1-10-6-11(2)16(12(3)7-10)19-9-13-4-5-14(17)8-15(13)18/h4-8H,9H2,1-3H3. The first-order valence-corrected chi connectivity index (χ1v) is 7.29. The van der Waals surface area contributed by atoms with Crippen molar-refractivity contribution in [1.82, 2.24) is 0 Å². The summed E-state index contributed by atoms with van der Waals surface area (Å²) in [6.07, 6.45) is 0. The fourth-order valence-corrected chi connectivity index (χ4v) is 2.91. The molecule has 0 N–H and O–H groups in total. The van der Waals surface area contributed by atoms with E-state index in [1.165, 1.54) is 5.56 Å². The molecule has 1 nitrogen and oxygen atoms in total. The molecule has 0 fully saturated rings. The Bertz CT molecular complexity index is 585. The summed E-state index contributed by atoms with van der Waals surface area (Å²) in [4.78, 5) is 0.